The number of nitrogens with zero attached hydrogens (tertiary/aromatic N) is 1. The van der Waals surface area contributed by atoms with Crippen molar-refractivity contribution in [3.8, 4) is 0 Å². The molecule has 0 saturated carbocycles. The molecule has 0 N–H and O–H groups in total. The number of hydrogen-bond acceptors (Lipinski definition) is 1. The molecule has 0 saturated heterocycles. The van der Waals surface area contributed by atoms with Crippen molar-refractivity contribution in [2.45, 2.75) is 13.5 Å². The van der Waals surface area contributed by atoms with Crippen LogP contribution in [0.2, 0.25) is 0 Å². The highest BCUT2D eigenvalue weighted by molar-refractivity contribution is 7.08. The monoisotopic (exact) mass is 137 g/mol. The van der Waals surface area contributed by atoms with Crippen molar-refractivity contribution in [2.75, 3.05) is 0 Å². The van der Waals surface area contributed by atoms with Crippen LogP contribution < -0.4 is 0 Å². The highest BCUT2D eigenvalue weighted by atomic mass is 32.1. The molecular formula is C7H7NS. The summed E-state index contributed by atoms with van der Waals surface area (Å²) in [5.41, 5.74) is 2.42. The van der Waals surface area contributed by atoms with Gasteiger partial charge in [-0.05, 0) is 17.9 Å². The van der Waals surface area contributed by atoms with E-state index in [0.717, 1.165) is 0 Å². The summed E-state index contributed by atoms with van der Waals surface area (Å²) in [6.45, 7) is 9.18. The molecule has 0 fully saturated rings. The molecule has 0 aliphatic heterocycles. The molecule has 0 aliphatic rings. The molecule has 1 aromatic heterocycles. The maximum absolute atomic E-state index is 6.61. The minimum Gasteiger partial charge on any atom is -0.312 e. The summed E-state index contributed by atoms with van der Waals surface area (Å²) < 4.78 is 0. The molecule has 0 unspecified atom stereocenters. The summed E-state index contributed by atoms with van der Waals surface area (Å²) in [5.74, 6) is 0. The van der Waals surface area contributed by atoms with Gasteiger partial charge in [0.05, 0.1) is 0 Å². The van der Waals surface area contributed by atoms with Crippen LogP contribution in [0.15, 0.2) is 10.8 Å². The van der Waals surface area contributed by atoms with E-state index in [-0.39, 0.29) is 0 Å². The van der Waals surface area contributed by atoms with Gasteiger partial charge in [0.15, 0.2) is 0 Å². The van der Waals surface area contributed by atoms with Gasteiger partial charge in [0.1, 0.15) is 0 Å². The van der Waals surface area contributed by atoms with Gasteiger partial charge in [0.25, 0.3) is 0 Å². The fourth-order valence-corrected chi connectivity index (χ4v) is 1.48. The number of rotatable bonds is 1. The lowest BCUT2D eigenvalue weighted by Crippen LogP contribution is -1.75. The molecule has 46 valence electrons. The largest absolute Gasteiger partial charge is 0.312 e. The molecule has 1 aromatic rings. The Bertz CT molecular complexity index is 231. The van der Waals surface area contributed by atoms with Crippen molar-refractivity contribution in [3.63, 3.8) is 0 Å². The Labute approximate surface area is 58.8 Å². The maximum atomic E-state index is 6.61. The zero-order valence-corrected chi connectivity index (χ0v) is 6.03. The first-order valence-electron chi connectivity index (χ1n) is 2.69. The summed E-state index contributed by atoms with van der Waals surface area (Å²) in [4.78, 5) is 3.30. The highest BCUT2D eigenvalue weighted by Gasteiger charge is 1.98. The molecule has 0 radical (unpaired) electrons. The molecule has 0 amide bonds. The summed E-state index contributed by atoms with van der Waals surface area (Å²) in [6.07, 6.45) is 0. The average Bonchev–Trinajstić information content (AvgIpc) is 2.18. The lowest BCUT2D eigenvalue weighted by molar-refractivity contribution is 1.24. The van der Waals surface area contributed by atoms with Gasteiger partial charge in [-0.15, -0.1) is 0 Å². The Morgan fingerprint density at radius 2 is 2.44 bits per heavy atom. The second-order valence-corrected chi connectivity index (χ2v) is 2.64. The van der Waals surface area contributed by atoms with E-state index in [2.05, 4.69) is 10.2 Å². The van der Waals surface area contributed by atoms with Crippen LogP contribution in [0.3, 0.4) is 0 Å². The second-order valence-electron chi connectivity index (χ2n) is 1.90. The van der Waals surface area contributed by atoms with E-state index in [0.29, 0.717) is 6.54 Å². The summed E-state index contributed by atoms with van der Waals surface area (Å²) >= 11 is 1.66. The molecular weight excluding hydrogens is 130 g/mol. The van der Waals surface area contributed by atoms with Gasteiger partial charge in [-0.1, -0.05) is 0 Å². The Hall–Kier alpha value is -0.810. The molecule has 0 spiro atoms. The van der Waals surface area contributed by atoms with Crippen molar-refractivity contribution < 1.29 is 0 Å². The van der Waals surface area contributed by atoms with Gasteiger partial charge < -0.3 is 4.85 Å². The van der Waals surface area contributed by atoms with Crippen LogP contribution in [-0.4, -0.2) is 0 Å². The second kappa shape index (κ2) is 2.65. The number of thiophene rings is 1. The zero-order valence-electron chi connectivity index (χ0n) is 5.22. The van der Waals surface area contributed by atoms with Crippen molar-refractivity contribution in [1.29, 1.82) is 0 Å². The molecule has 9 heavy (non-hydrogen) atoms. The molecule has 0 aromatic carbocycles. The van der Waals surface area contributed by atoms with Crippen LogP contribution >= 0.6 is 11.3 Å². The third-order valence-electron chi connectivity index (χ3n) is 1.21. The average molecular weight is 137 g/mol. The third-order valence-corrected chi connectivity index (χ3v) is 2.12. The van der Waals surface area contributed by atoms with Crippen LogP contribution in [0.25, 0.3) is 4.85 Å². The Kier molecular flexibility index (Phi) is 1.86. The van der Waals surface area contributed by atoms with Gasteiger partial charge in [0.2, 0.25) is 6.54 Å². The molecule has 1 nitrogen and oxygen atoms in total. The normalized spacial score (nSPS) is 8.89. The molecule has 1 heterocycles. The lowest BCUT2D eigenvalue weighted by atomic mass is 10.2. The first-order valence-corrected chi connectivity index (χ1v) is 3.63. The van der Waals surface area contributed by atoms with Crippen LogP contribution in [0.4, 0.5) is 0 Å². The molecule has 0 atom stereocenters. The standard InChI is InChI=1S/C7H7NS/c1-6-4-9-5-7(6)3-8-2/h4-5H,3H2,1H3. The lowest BCUT2D eigenvalue weighted by Gasteiger charge is -1.83. The van der Waals surface area contributed by atoms with Crippen LogP contribution in [0.5, 0.6) is 0 Å². The van der Waals surface area contributed by atoms with Gasteiger partial charge in [0, 0.05) is 10.9 Å². The smallest absolute Gasteiger partial charge is 0.240 e. The Balaban J connectivity index is 2.84. The van der Waals surface area contributed by atoms with Crippen molar-refractivity contribution in [1.82, 2.24) is 0 Å². The van der Waals surface area contributed by atoms with Gasteiger partial charge in [-0.3, -0.25) is 0 Å². The fraction of sp³-hybridized carbons (Fsp3) is 0.286. The third kappa shape index (κ3) is 1.30. The summed E-state index contributed by atoms with van der Waals surface area (Å²) in [5, 5.41) is 4.11. The van der Waals surface area contributed by atoms with Crippen LogP contribution in [0, 0.1) is 13.5 Å². The fourth-order valence-electron chi connectivity index (χ4n) is 0.634. The van der Waals surface area contributed by atoms with Gasteiger partial charge >= 0.3 is 0 Å². The van der Waals surface area contributed by atoms with E-state index < -0.39 is 0 Å². The zero-order chi connectivity index (χ0) is 6.69. The molecule has 0 aliphatic carbocycles. The van der Waals surface area contributed by atoms with Crippen LogP contribution in [0.1, 0.15) is 11.1 Å². The summed E-state index contributed by atoms with van der Waals surface area (Å²) in [7, 11) is 0. The van der Waals surface area contributed by atoms with E-state index in [9.17, 15) is 0 Å². The highest BCUT2D eigenvalue weighted by Crippen LogP contribution is 2.13. The maximum Gasteiger partial charge on any atom is 0.240 e. The Morgan fingerprint density at radius 3 is 2.89 bits per heavy atom. The van der Waals surface area contributed by atoms with Crippen LogP contribution in [-0.2, 0) is 6.54 Å². The van der Waals surface area contributed by atoms with E-state index >= 15 is 0 Å². The van der Waals surface area contributed by atoms with Crippen molar-refractivity contribution in [3.05, 3.63) is 33.3 Å². The molecule has 1 rings (SSSR count). The first kappa shape index (κ1) is 6.31. The SMILES string of the molecule is [C-]#[N+]Cc1cscc1C. The van der Waals surface area contributed by atoms with E-state index in [1.54, 1.807) is 11.3 Å². The van der Waals surface area contributed by atoms with E-state index in [1.165, 1.54) is 11.1 Å². The van der Waals surface area contributed by atoms with E-state index in [4.69, 9.17) is 6.57 Å². The number of hydrogen-bond donors (Lipinski definition) is 0. The topological polar surface area (TPSA) is 4.36 Å². The Morgan fingerprint density at radius 1 is 1.67 bits per heavy atom. The van der Waals surface area contributed by atoms with Crippen molar-refractivity contribution in [2.24, 2.45) is 0 Å². The predicted octanol–water partition coefficient (Wildman–Crippen LogP) is 2.48. The number of aryl methyl sites for hydroxylation is 1. The van der Waals surface area contributed by atoms with Crippen molar-refractivity contribution >= 4 is 11.3 Å². The van der Waals surface area contributed by atoms with Gasteiger partial charge in [-0.25, -0.2) is 6.57 Å². The quantitative estimate of drug-likeness (QED) is 0.524. The van der Waals surface area contributed by atoms with E-state index in [1.807, 2.05) is 12.3 Å². The predicted molar refractivity (Wildman–Crippen MR) is 39.4 cm³/mol. The van der Waals surface area contributed by atoms with Gasteiger partial charge in [-0.2, -0.15) is 11.3 Å². The minimum atomic E-state index is 0.537. The minimum absolute atomic E-state index is 0.537. The first-order chi connectivity index (χ1) is 4.34. The molecule has 2 heteroatoms. The molecule has 0 bridgehead atoms. The summed E-state index contributed by atoms with van der Waals surface area (Å²) in [6, 6.07) is 0.